The lowest BCUT2D eigenvalue weighted by atomic mass is 9.95. The van der Waals surface area contributed by atoms with Crippen molar-refractivity contribution in [1.82, 2.24) is 42.5 Å². The summed E-state index contributed by atoms with van der Waals surface area (Å²) in [5.74, 6) is -12.6. The standard InChI is InChI=1S/C47H86N10O14/c1-13-24(8)34(53-39(62)29(49)18-16-17-19-48)42(65)50-30(20-22(4)5)40(63)54-36(26(10)15-3)44(67)56-38(28(12)59)46(69)57-37(27(11)58)45(68)51-31(21-32(60)61)41(64)55-35(25(9)14-2)43(66)52-33(23(6)7)47(70)71/h22-31,33-38,58-59H,13-21,48-49H2,1-12H3,(H,50,65)(H,51,68)(H,52,66)(H,53,62)(H,54,63)(H,55,64)(H,56,67)(H,57,69)(H,60,61)(H,70,71)/t24-,25-,26-,27+,28+,29-,30-,31-,33-,34-,35-,36-,37-,38-/m0/s1. The zero-order valence-electron chi connectivity index (χ0n) is 43.6. The predicted octanol–water partition coefficient (Wildman–Crippen LogP) is -1.52. The van der Waals surface area contributed by atoms with Gasteiger partial charge in [0.25, 0.3) is 0 Å². The second-order valence-electron chi connectivity index (χ2n) is 19.4. The molecule has 0 aliphatic carbocycles. The van der Waals surface area contributed by atoms with Gasteiger partial charge in [-0.05, 0) is 69.2 Å². The fourth-order valence-electron chi connectivity index (χ4n) is 7.18. The van der Waals surface area contributed by atoms with Gasteiger partial charge < -0.3 is 74.4 Å². The van der Waals surface area contributed by atoms with Crippen LogP contribution in [0.3, 0.4) is 0 Å². The molecule has 0 saturated carbocycles. The van der Waals surface area contributed by atoms with Gasteiger partial charge >= 0.3 is 11.9 Å². The Kier molecular flexibility index (Phi) is 30.0. The fourth-order valence-corrected chi connectivity index (χ4v) is 7.18. The zero-order chi connectivity index (χ0) is 55.0. The maximum Gasteiger partial charge on any atom is 0.326 e. The molecule has 0 aromatic rings. The van der Waals surface area contributed by atoms with E-state index in [0.29, 0.717) is 45.1 Å². The fraction of sp³-hybridized carbons (Fsp3) is 0.787. The summed E-state index contributed by atoms with van der Waals surface area (Å²) in [6.07, 6.45) is -1.58. The molecular formula is C47H86N10O14. The number of nitrogens with one attached hydrogen (secondary N) is 8. The summed E-state index contributed by atoms with van der Waals surface area (Å²) in [5.41, 5.74) is 11.7. The molecule has 0 aliphatic rings. The largest absolute Gasteiger partial charge is 0.481 e. The minimum atomic E-state index is -1.93. The molecule has 0 spiro atoms. The second kappa shape index (κ2) is 32.5. The summed E-state index contributed by atoms with van der Waals surface area (Å²) < 4.78 is 0. The molecule has 14 atom stereocenters. The van der Waals surface area contributed by atoms with Crippen LogP contribution in [0.5, 0.6) is 0 Å². The van der Waals surface area contributed by atoms with Crippen LogP contribution in [0.15, 0.2) is 0 Å². The third kappa shape index (κ3) is 22.7. The maximum absolute atomic E-state index is 14.0. The number of hydrogen-bond donors (Lipinski definition) is 14. The van der Waals surface area contributed by atoms with Crippen LogP contribution in [0, 0.1) is 29.6 Å². The molecule has 0 fully saturated rings. The average molecular weight is 1020 g/mol. The molecule has 0 aliphatic heterocycles. The van der Waals surface area contributed by atoms with Crippen molar-refractivity contribution in [3.63, 3.8) is 0 Å². The van der Waals surface area contributed by atoms with Crippen LogP contribution in [0.1, 0.15) is 134 Å². The Hall–Kier alpha value is -5.46. The van der Waals surface area contributed by atoms with E-state index in [2.05, 4.69) is 42.5 Å². The van der Waals surface area contributed by atoms with E-state index in [1.54, 1.807) is 48.5 Å². The summed E-state index contributed by atoms with van der Waals surface area (Å²) in [7, 11) is 0. The summed E-state index contributed by atoms with van der Waals surface area (Å²) >= 11 is 0. The van der Waals surface area contributed by atoms with Crippen LogP contribution in [-0.4, -0.2) is 153 Å². The topological polar surface area (TPSA) is 400 Å². The molecule has 0 bridgehead atoms. The summed E-state index contributed by atoms with van der Waals surface area (Å²) in [5, 5.41) is 60.4. The van der Waals surface area contributed by atoms with Crippen LogP contribution in [-0.2, 0) is 47.9 Å². The minimum Gasteiger partial charge on any atom is -0.481 e. The molecule has 0 aromatic carbocycles. The van der Waals surface area contributed by atoms with Crippen LogP contribution >= 0.6 is 0 Å². The molecule has 24 nitrogen and oxygen atoms in total. The third-order valence-corrected chi connectivity index (χ3v) is 12.4. The SMILES string of the molecule is CC[C@H](C)[C@H](NC(=O)[C@H](CC(=O)O)NC(=O)[C@@H](NC(=O)[C@@H](NC(=O)[C@@H](NC(=O)[C@H](CC(C)C)NC(=O)[C@@H](NC(=O)[C@@H](N)CCCCN)[C@@H](C)CC)[C@@H](C)CC)[C@@H](C)O)[C@@H](C)O)C(=O)N[C@H](C(=O)O)C(C)C. The number of carboxylic acid groups (broad SMARTS) is 2. The monoisotopic (exact) mass is 1010 g/mol. The quantitative estimate of drug-likeness (QED) is 0.0326. The number of nitrogens with two attached hydrogens (primary N) is 2. The molecular weight excluding hydrogens is 929 g/mol. The van der Waals surface area contributed by atoms with Crippen LogP contribution in [0.4, 0.5) is 0 Å². The van der Waals surface area contributed by atoms with Crippen molar-refractivity contribution < 1.29 is 68.4 Å². The highest BCUT2D eigenvalue weighted by atomic mass is 16.4. The van der Waals surface area contributed by atoms with Gasteiger partial charge in [0.15, 0.2) is 0 Å². The van der Waals surface area contributed by atoms with E-state index in [9.17, 15) is 68.4 Å². The van der Waals surface area contributed by atoms with E-state index in [1.165, 1.54) is 0 Å². The molecule has 408 valence electrons. The predicted molar refractivity (Wildman–Crippen MR) is 262 cm³/mol. The van der Waals surface area contributed by atoms with Crippen molar-refractivity contribution in [3.05, 3.63) is 0 Å². The molecule has 8 amide bonds. The summed E-state index contributed by atoms with van der Waals surface area (Å²) in [6, 6.07) is -12.9. The molecule has 24 heteroatoms. The maximum atomic E-state index is 14.0. The Labute approximate surface area is 417 Å². The molecule has 0 heterocycles. The lowest BCUT2D eigenvalue weighted by molar-refractivity contribution is -0.144. The van der Waals surface area contributed by atoms with E-state index in [4.69, 9.17) is 11.5 Å². The number of unbranched alkanes of at least 4 members (excludes halogenated alkanes) is 1. The first-order valence-corrected chi connectivity index (χ1v) is 24.7. The highest BCUT2D eigenvalue weighted by Crippen LogP contribution is 2.16. The number of hydrogen-bond acceptors (Lipinski definition) is 14. The van der Waals surface area contributed by atoms with Crippen LogP contribution in [0.2, 0.25) is 0 Å². The van der Waals surface area contributed by atoms with E-state index in [-0.39, 0.29) is 18.3 Å². The van der Waals surface area contributed by atoms with Crippen molar-refractivity contribution in [1.29, 1.82) is 0 Å². The Morgan fingerprint density at radius 2 is 0.789 bits per heavy atom. The molecule has 0 rings (SSSR count). The molecule has 71 heavy (non-hydrogen) atoms. The zero-order valence-corrected chi connectivity index (χ0v) is 43.6. The minimum absolute atomic E-state index is 0.113. The Morgan fingerprint density at radius 3 is 1.14 bits per heavy atom. The summed E-state index contributed by atoms with van der Waals surface area (Å²) in [4.78, 5) is 133. The normalized spacial score (nSPS) is 17.4. The molecule has 0 saturated heterocycles. The first kappa shape index (κ1) is 65.5. The number of rotatable bonds is 34. The Balaban J connectivity index is 6.54. The lowest BCUT2D eigenvalue weighted by Gasteiger charge is -2.31. The number of aliphatic carboxylic acids is 2. The number of amides is 8. The van der Waals surface area contributed by atoms with Gasteiger partial charge in [-0.2, -0.15) is 0 Å². The number of carbonyl (C=O) groups excluding carboxylic acids is 8. The van der Waals surface area contributed by atoms with E-state index in [0.717, 1.165) is 13.8 Å². The average Bonchev–Trinajstić information content (AvgIpc) is 3.29. The van der Waals surface area contributed by atoms with Gasteiger partial charge in [-0.3, -0.25) is 43.2 Å². The van der Waals surface area contributed by atoms with Crippen LogP contribution in [0.25, 0.3) is 0 Å². The van der Waals surface area contributed by atoms with Gasteiger partial charge in [0.05, 0.1) is 24.7 Å². The van der Waals surface area contributed by atoms with Gasteiger partial charge in [0.1, 0.15) is 48.3 Å². The number of aliphatic hydroxyl groups excluding tert-OH is 2. The molecule has 0 aromatic heterocycles. The van der Waals surface area contributed by atoms with Gasteiger partial charge in [-0.1, -0.05) is 94.9 Å². The highest BCUT2D eigenvalue weighted by Gasteiger charge is 2.39. The van der Waals surface area contributed by atoms with Crippen molar-refractivity contribution in [2.75, 3.05) is 6.54 Å². The lowest BCUT2D eigenvalue weighted by Crippen LogP contribution is -2.64. The van der Waals surface area contributed by atoms with Gasteiger partial charge in [-0.15, -0.1) is 0 Å². The Bertz CT molecular complexity index is 1780. The number of carboxylic acids is 2. The summed E-state index contributed by atoms with van der Waals surface area (Å²) in [6.45, 7) is 19.6. The number of carbonyl (C=O) groups is 10. The van der Waals surface area contributed by atoms with Crippen molar-refractivity contribution in [2.45, 2.75) is 201 Å². The molecule has 0 unspecified atom stereocenters. The highest BCUT2D eigenvalue weighted by molar-refractivity contribution is 5.99. The number of aliphatic hydroxyl groups is 2. The smallest absolute Gasteiger partial charge is 0.326 e. The first-order valence-electron chi connectivity index (χ1n) is 24.7. The van der Waals surface area contributed by atoms with Gasteiger partial charge in [0.2, 0.25) is 47.3 Å². The van der Waals surface area contributed by atoms with Crippen molar-refractivity contribution in [3.8, 4) is 0 Å². The second-order valence-corrected chi connectivity index (χ2v) is 19.4. The molecule has 0 radical (unpaired) electrons. The van der Waals surface area contributed by atoms with Crippen molar-refractivity contribution in [2.24, 2.45) is 41.1 Å². The first-order chi connectivity index (χ1) is 33.0. The van der Waals surface area contributed by atoms with E-state index >= 15 is 0 Å². The Morgan fingerprint density at radius 1 is 0.451 bits per heavy atom. The van der Waals surface area contributed by atoms with Gasteiger partial charge in [0, 0.05) is 0 Å². The van der Waals surface area contributed by atoms with Gasteiger partial charge in [-0.25, -0.2) is 4.79 Å². The van der Waals surface area contributed by atoms with E-state index < -0.39 is 150 Å². The van der Waals surface area contributed by atoms with E-state index in [1.807, 2.05) is 20.8 Å². The van der Waals surface area contributed by atoms with Crippen molar-refractivity contribution >= 4 is 59.2 Å². The van der Waals surface area contributed by atoms with Crippen LogP contribution < -0.4 is 54.0 Å². The molecule has 16 N–H and O–H groups in total. The third-order valence-electron chi connectivity index (χ3n) is 12.4.